The molecule has 194 valence electrons. The first kappa shape index (κ1) is 32.6. The Morgan fingerprint density at radius 3 is 1.59 bits per heavy atom. The maximum absolute atomic E-state index is 9.85. The summed E-state index contributed by atoms with van der Waals surface area (Å²) in [7, 11) is -2.46. The summed E-state index contributed by atoms with van der Waals surface area (Å²) in [6, 6.07) is -0.944. The van der Waals surface area contributed by atoms with Crippen LogP contribution in [0.2, 0.25) is 0 Å². The van der Waals surface area contributed by atoms with Gasteiger partial charge in [-0.05, 0) is 6.42 Å². The van der Waals surface area contributed by atoms with E-state index in [0.717, 1.165) is 6.42 Å². The standard InChI is InChI=1S/C24H52O6P2/c1-4-5-6-7-8-9-10-11-12-13-14-15-16-17-18-19-20-29-31-23(25)28-21-24(2,3)22-30-32(26)27/h23,25-27,31H,4-22H2,1-3H3. The number of hydrogen-bond donors (Lipinski definition) is 3. The fraction of sp³-hybridized carbons (Fsp3) is 1.00. The summed E-state index contributed by atoms with van der Waals surface area (Å²) < 4.78 is 15.7. The highest BCUT2D eigenvalue weighted by Crippen LogP contribution is 2.30. The van der Waals surface area contributed by atoms with Crippen LogP contribution in [0.5, 0.6) is 0 Å². The molecule has 6 nitrogen and oxygen atoms in total. The fourth-order valence-corrected chi connectivity index (χ4v) is 4.49. The van der Waals surface area contributed by atoms with Crippen molar-refractivity contribution in [1.82, 2.24) is 0 Å². The van der Waals surface area contributed by atoms with Crippen molar-refractivity contribution in [3.63, 3.8) is 0 Å². The highest BCUT2D eigenvalue weighted by atomic mass is 31.2. The van der Waals surface area contributed by atoms with Crippen LogP contribution < -0.4 is 0 Å². The molecule has 0 aliphatic carbocycles. The molecule has 0 bridgehead atoms. The number of hydrogen-bond acceptors (Lipinski definition) is 6. The van der Waals surface area contributed by atoms with Gasteiger partial charge in [0.15, 0.2) is 6.03 Å². The molecular formula is C24H52O6P2. The lowest BCUT2D eigenvalue weighted by Crippen LogP contribution is -2.27. The lowest BCUT2D eigenvalue weighted by molar-refractivity contribution is -0.0765. The molecule has 2 atom stereocenters. The second-order valence-electron chi connectivity index (χ2n) is 9.62. The monoisotopic (exact) mass is 498 g/mol. The van der Waals surface area contributed by atoms with E-state index >= 15 is 0 Å². The second-order valence-corrected chi connectivity index (χ2v) is 11.4. The zero-order valence-electron chi connectivity index (χ0n) is 21.0. The molecule has 0 aromatic rings. The van der Waals surface area contributed by atoms with Gasteiger partial charge in [-0.1, -0.05) is 117 Å². The van der Waals surface area contributed by atoms with Crippen LogP contribution >= 0.6 is 17.4 Å². The summed E-state index contributed by atoms with van der Waals surface area (Å²) in [6.45, 7) is 7.09. The first-order valence-electron chi connectivity index (χ1n) is 12.8. The third kappa shape index (κ3) is 25.2. The summed E-state index contributed by atoms with van der Waals surface area (Å²) >= 11 is 0. The van der Waals surface area contributed by atoms with E-state index in [1.165, 1.54) is 96.3 Å². The topological polar surface area (TPSA) is 88.4 Å². The predicted octanol–water partition coefficient (Wildman–Crippen LogP) is 7.40. The molecule has 0 amide bonds. The van der Waals surface area contributed by atoms with Gasteiger partial charge in [-0.25, -0.2) is 0 Å². The van der Waals surface area contributed by atoms with Gasteiger partial charge in [-0.15, -0.1) is 0 Å². The lowest BCUT2D eigenvalue weighted by Gasteiger charge is -2.25. The van der Waals surface area contributed by atoms with Gasteiger partial charge < -0.3 is 28.7 Å². The van der Waals surface area contributed by atoms with Gasteiger partial charge in [-0.3, -0.25) is 0 Å². The number of aliphatic hydroxyl groups excluding tert-OH is 1. The zero-order valence-corrected chi connectivity index (χ0v) is 22.9. The van der Waals surface area contributed by atoms with E-state index < -0.39 is 20.0 Å². The molecule has 3 N–H and O–H groups in total. The van der Waals surface area contributed by atoms with Crippen molar-refractivity contribution in [2.24, 2.45) is 5.41 Å². The summed E-state index contributed by atoms with van der Waals surface area (Å²) in [5.74, 6) is 0. The Morgan fingerprint density at radius 2 is 1.16 bits per heavy atom. The Kier molecular flexibility index (Phi) is 23.8. The number of aliphatic hydroxyl groups is 1. The van der Waals surface area contributed by atoms with Gasteiger partial charge in [0.05, 0.1) is 28.6 Å². The molecular weight excluding hydrogens is 446 g/mol. The largest absolute Gasteiger partial charge is 0.363 e. The maximum atomic E-state index is 9.85. The number of rotatable bonds is 25. The van der Waals surface area contributed by atoms with Crippen molar-refractivity contribution in [2.75, 3.05) is 19.8 Å². The summed E-state index contributed by atoms with van der Waals surface area (Å²) in [4.78, 5) is 17.6. The second kappa shape index (κ2) is 23.4. The quantitative estimate of drug-likeness (QED) is 0.0690. The third-order valence-electron chi connectivity index (χ3n) is 5.49. The van der Waals surface area contributed by atoms with E-state index in [1.54, 1.807) is 0 Å². The molecule has 0 saturated carbocycles. The smallest absolute Gasteiger partial charge is 0.327 e. The SMILES string of the molecule is CCCCCCCCCCCCCCCCCCOPC(O)OCC(C)(C)COP(O)O. The first-order chi connectivity index (χ1) is 15.4. The Hall–Kier alpha value is 0.620. The van der Waals surface area contributed by atoms with Gasteiger partial charge in [0.2, 0.25) is 0 Å². The molecule has 0 aromatic heterocycles. The van der Waals surface area contributed by atoms with E-state index in [0.29, 0.717) is 6.61 Å². The molecule has 0 saturated heterocycles. The normalized spacial score (nSPS) is 13.6. The Balaban J connectivity index is 3.29. The molecule has 0 aliphatic heterocycles. The van der Waals surface area contributed by atoms with Crippen LogP contribution in [0.25, 0.3) is 0 Å². The fourth-order valence-electron chi connectivity index (χ4n) is 3.47. The maximum Gasteiger partial charge on any atom is 0.327 e. The van der Waals surface area contributed by atoms with Crippen LogP contribution in [-0.2, 0) is 13.8 Å². The van der Waals surface area contributed by atoms with Gasteiger partial charge in [-0.2, -0.15) is 0 Å². The van der Waals surface area contributed by atoms with Crippen molar-refractivity contribution in [2.45, 2.75) is 130 Å². The van der Waals surface area contributed by atoms with Crippen LogP contribution in [-0.4, -0.2) is 40.7 Å². The molecule has 32 heavy (non-hydrogen) atoms. The minimum atomic E-state index is -2.36. The minimum absolute atomic E-state index is 0.102. The molecule has 0 fully saturated rings. The average molecular weight is 499 g/mol. The van der Waals surface area contributed by atoms with E-state index in [-0.39, 0.29) is 22.0 Å². The van der Waals surface area contributed by atoms with E-state index in [9.17, 15) is 5.11 Å². The number of ether oxygens (including phenoxy) is 1. The predicted molar refractivity (Wildman–Crippen MR) is 137 cm³/mol. The van der Waals surface area contributed by atoms with Crippen LogP contribution in [0.3, 0.4) is 0 Å². The van der Waals surface area contributed by atoms with Crippen molar-refractivity contribution in [3.05, 3.63) is 0 Å². The third-order valence-corrected chi connectivity index (χ3v) is 6.59. The van der Waals surface area contributed by atoms with E-state index in [2.05, 4.69) is 6.92 Å². The molecule has 0 aliphatic rings. The van der Waals surface area contributed by atoms with Crippen molar-refractivity contribution in [1.29, 1.82) is 0 Å². The van der Waals surface area contributed by atoms with Crippen molar-refractivity contribution >= 4 is 17.4 Å². The first-order valence-corrected chi connectivity index (χ1v) is 15.0. The van der Waals surface area contributed by atoms with Crippen molar-refractivity contribution in [3.8, 4) is 0 Å². The Labute approximate surface area is 201 Å². The highest BCUT2D eigenvalue weighted by molar-refractivity contribution is 7.39. The average Bonchev–Trinajstić information content (AvgIpc) is 2.75. The summed E-state index contributed by atoms with van der Waals surface area (Å²) in [5.41, 5.74) is -0.411. The number of unbranched alkanes of at least 4 members (excludes halogenated alkanes) is 15. The molecule has 0 heterocycles. The van der Waals surface area contributed by atoms with Crippen LogP contribution in [0, 0.1) is 5.41 Å². The van der Waals surface area contributed by atoms with E-state index in [4.69, 9.17) is 23.6 Å². The van der Waals surface area contributed by atoms with Gasteiger partial charge in [0.1, 0.15) is 0 Å². The van der Waals surface area contributed by atoms with Gasteiger partial charge >= 0.3 is 8.60 Å². The summed E-state index contributed by atoms with van der Waals surface area (Å²) in [6.07, 6.45) is 21.6. The van der Waals surface area contributed by atoms with Crippen LogP contribution in [0.15, 0.2) is 0 Å². The molecule has 0 radical (unpaired) electrons. The van der Waals surface area contributed by atoms with Gasteiger partial charge in [0, 0.05) is 5.41 Å². The van der Waals surface area contributed by atoms with Crippen molar-refractivity contribution < 1.29 is 28.7 Å². The Morgan fingerprint density at radius 1 is 0.719 bits per heavy atom. The molecule has 0 spiro atoms. The zero-order chi connectivity index (χ0) is 23.9. The van der Waals surface area contributed by atoms with Crippen LogP contribution in [0.4, 0.5) is 0 Å². The molecule has 0 rings (SSSR count). The van der Waals surface area contributed by atoms with E-state index in [1.807, 2.05) is 13.8 Å². The molecule has 2 unspecified atom stereocenters. The minimum Gasteiger partial charge on any atom is -0.363 e. The Bertz CT molecular complexity index is 386. The van der Waals surface area contributed by atoms with Crippen LogP contribution in [0.1, 0.15) is 124 Å². The molecule has 8 heteroatoms. The van der Waals surface area contributed by atoms with Gasteiger partial charge in [0.25, 0.3) is 0 Å². The molecule has 0 aromatic carbocycles. The summed E-state index contributed by atoms with van der Waals surface area (Å²) in [5, 5.41) is 9.85. The highest BCUT2D eigenvalue weighted by Gasteiger charge is 2.22. The lowest BCUT2D eigenvalue weighted by atomic mass is 9.97.